The Bertz CT molecular complexity index is 337. The molecule has 124 valence electrons. The molecule has 1 aliphatic rings. The minimum atomic E-state index is -1.45. The molecule has 1 aliphatic heterocycles. The second-order valence-electron chi connectivity index (χ2n) is 6.34. The molecule has 1 heterocycles. The summed E-state index contributed by atoms with van der Waals surface area (Å²) in [5.41, 5.74) is -0.400. The number of carbonyl (C=O) groups excluding carboxylic acids is 1. The number of hydrogen-bond acceptors (Lipinski definition) is 7. The number of aliphatic hydroxyl groups is 4. The van der Waals surface area contributed by atoms with Crippen molar-refractivity contribution in [3.05, 3.63) is 0 Å². The van der Waals surface area contributed by atoms with Crippen LogP contribution in [0, 0.1) is 5.41 Å². The van der Waals surface area contributed by atoms with Crippen LogP contribution < -0.4 is 0 Å². The number of carbonyl (C=O) groups is 1. The Balaban J connectivity index is 2.39. The van der Waals surface area contributed by atoms with Gasteiger partial charge < -0.3 is 29.9 Å². The number of hydrogen-bond donors (Lipinski definition) is 4. The first-order valence-electron chi connectivity index (χ1n) is 7.14. The van der Waals surface area contributed by atoms with Gasteiger partial charge in [-0.15, -0.1) is 0 Å². The molecule has 0 amide bonds. The number of ether oxygens (including phenoxy) is 2. The molecule has 0 radical (unpaired) electrons. The second kappa shape index (κ2) is 7.62. The van der Waals surface area contributed by atoms with Crippen LogP contribution in [0.25, 0.3) is 0 Å². The van der Waals surface area contributed by atoms with Gasteiger partial charge in [0.25, 0.3) is 0 Å². The molecule has 0 spiro atoms. The molecule has 4 N–H and O–H groups in total. The summed E-state index contributed by atoms with van der Waals surface area (Å²) in [7, 11) is 0. The smallest absolute Gasteiger partial charge is 0.186 e. The van der Waals surface area contributed by atoms with Crippen molar-refractivity contribution in [1.29, 1.82) is 0 Å². The van der Waals surface area contributed by atoms with E-state index in [0.717, 1.165) is 0 Å². The Morgan fingerprint density at radius 3 is 2.29 bits per heavy atom. The van der Waals surface area contributed by atoms with E-state index in [1.807, 2.05) is 20.8 Å². The van der Waals surface area contributed by atoms with Crippen molar-refractivity contribution in [1.82, 2.24) is 0 Å². The lowest BCUT2D eigenvalue weighted by Crippen LogP contribution is -2.59. The van der Waals surface area contributed by atoms with E-state index in [-0.39, 0.29) is 12.4 Å². The molecule has 0 bridgehead atoms. The van der Waals surface area contributed by atoms with E-state index in [1.165, 1.54) is 0 Å². The van der Waals surface area contributed by atoms with Gasteiger partial charge in [0.05, 0.1) is 13.2 Å². The molecule has 7 heteroatoms. The van der Waals surface area contributed by atoms with Gasteiger partial charge in [-0.3, -0.25) is 4.79 Å². The van der Waals surface area contributed by atoms with Crippen LogP contribution >= 0.6 is 0 Å². The van der Waals surface area contributed by atoms with Crippen LogP contribution in [-0.4, -0.2) is 70.1 Å². The predicted molar refractivity (Wildman–Crippen MR) is 73.4 cm³/mol. The number of aliphatic hydroxyl groups excluding tert-OH is 4. The van der Waals surface area contributed by atoms with Crippen LogP contribution in [0.2, 0.25) is 0 Å². The van der Waals surface area contributed by atoms with E-state index >= 15 is 0 Å². The van der Waals surface area contributed by atoms with Gasteiger partial charge >= 0.3 is 0 Å². The van der Waals surface area contributed by atoms with Crippen LogP contribution in [-0.2, 0) is 14.3 Å². The van der Waals surface area contributed by atoms with Gasteiger partial charge in [0, 0.05) is 11.8 Å². The van der Waals surface area contributed by atoms with Crippen LogP contribution in [0.3, 0.4) is 0 Å². The first kappa shape index (κ1) is 18.5. The molecular formula is C14H26O7. The van der Waals surface area contributed by atoms with Gasteiger partial charge in [-0.1, -0.05) is 20.8 Å². The maximum Gasteiger partial charge on any atom is 0.186 e. The minimum Gasteiger partial charge on any atom is -0.394 e. The van der Waals surface area contributed by atoms with Crippen molar-refractivity contribution >= 4 is 5.78 Å². The number of Topliss-reactive ketones (excluding diaryl/α,β-unsaturated/α-hetero) is 1. The predicted octanol–water partition coefficient (Wildman–Crippen LogP) is -0.802. The summed E-state index contributed by atoms with van der Waals surface area (Å²) in [4.78, 5) is 11.7. The molecule has 0 aliphatic carbocycles. The van der Waals surface area contributed by atoms with E-state index in [4.69, 9.17) is 14.6 Å². The molecule has 1 fully saturated rings. The Hall–Kier alpha value is -0.570. The first-order valence-corrected chi connectivity index (χ1v) is 7.14. The standard InChI is InChI=1S/C14H26O7/c1-14(2,3)9(16)5-4-6-20-13-12(19)11(18)10(17)8(7-15)21-13/h8,10-13,15,17-19H,4-7H2,1-3H3/t8?,10-,11+,12?,13-/m1/s1. The summed E-state index contributed by atoms with van der Waals surface area (Å²) >= 11 is 0. The molecule has 1 rings (SSSR count). The quantitative estimate of drug-likeness (QED) is 0.475. The Labute approximate surface area is 124 Å². The third-order valence-corrected chi connectivity index (χ3v) is 3.52. The molecule has 5 atom stereocenters. The zero-order valence-electron chi connectivity index (χ0n) is 12.7. The maximum absolute atomic E-state index is 11.7. The average Bonchev–Trinajstić information content (AvgIpc) is 2.41. The molecule has 0 aromatic carbocycles. The maximum atomic E-state index is 11.7. The lowest BCUT2D eigenvalue weighted by Gasteiger charge is -2.39. The highest BCUT2D eigenvalue weighted by Crippen LogP contribution is 2.22. The van der Waals surface area contributed by atoms with Crippen molar-refractivity contribution in [3.8, 4) is 0 Å². The lowest BCUT2D eigenvalue weighted by atomic mass is 9.88. The van der Waals surface area contributed by atoms with Gasteiger partial charge in [0.1, 0.15) is 30.2 Å². The van der Waals surface area contributed by atoms with Crippen molar-refractivity contribution in [3.63, 3.8) is 0 Å². The summed E-state index contributed by atoms with van der Waals surface area (Å²) in [5.74, 6) is 0.111. The minimum absolute atomic E-state index is 0.111. The fourth-order valence-corrected chi connectivity index (χ4v) is 2.01. The second-order valence-corrected chi connectivity index (χ2v) is 6.34. The number of ketones is 1. The van der Waals surface area contributed by atoms with E-state index in [0.29, 0.717) is 12.8 Å². The summed E-state index contributed by atoms with van der Waals surface area (Å²) in [6.45, 7) is 5.20. The van der Waals surface area contributed by atoms with E-state index in [9.17, 15) is 20.1 Å². The fraction of sp³-hybridized carbons (Fsp3) is 0.929. The molecule has 2 unspecified atom stereocenters. The van der Waals surface area contributed by atoms with E-state index in [1.54, 1.807) is 0 Å². The highest BCUT2D eigenvalue weighted by atomic mass is 16.7. The van der Waals surface area contributed by atoms with Gasteiger partial charge in [0.2, 0.25) is 0 Å². The summed E-state index contributed by atoms with van der Waals surface area (Å²) < 4.78 is 10.5. The van der Waals surface area contributed by atoms with Gasteiger partial charge in [0.15, 0.2) is 6.29 Å². The highest BCUT2D eigenvalue weighted by Gasteiger charge is 2.43. The van der Waals surface area contributed by atoms with Crippen molar-refractivity contribution in [2.24, 2.45) is 5.41 Å². The van der Waals surface area contributed by atoms with E-state index in [2.05, 4.69) is 0 Å². The first-order chi connectivity index (χ1) is 9.68. The SMILES string of the molecule is CC(C)(C)C(=O)CCCO[C@@H]1OC(CO)[C@@H](O)[C@H](O)C1O. The molecule has 21 heavy (non-hydrogen) atoms. The molecular weight excluding hydrogens is 280 g/mol. The average molecular weight is 306 g/mol. The van der Waals surface area contributed by atoms with Gasteiger partial charge in [-0.25, -0.2) is 0 Å². The molecule has 0 aromatic heterocycles. The van der Waals surface area contributed by atoms with Crippen molar-refractivity contribution in [2.75, 3.05) is 13.2 Å². The van der Waals surface area contributed by atoms with Gasteiger partial charge in [-0.05, 0) is 6.42 Å². The van der Waals surface area contributed by atoms with E-state index < -0.39 is 42.7 Å². The monoisotopic (exact) mass is 306 g/mol. The Kier molecular flexibility index (Phi) is 6.71. The highest BCUT2D eigenvalue weighted by molar-refractivity contribution is 5.83. The molecule has 1 saturated heterocycles. The molecule has 7 nitrogen and oxygen atoms in total. The largest absolute Gasteiger partial charge is 0.394 e. The zero-order valence-corrected chi connectivity index (χ0v) is 12.7. The Morgan fingerprint density at radius 2 is 1.76 bits per heavy atom. The molecule has 0 aromatic rings. The molecule has 0 saturated carbocycles. The summed E-state index contributed by atoms with van der Waals surface area (Å²) in [6.07, 6.45) is -5.55. The van der Waals surface area contributed by atoms with Crippen LogP contribution in [0.5, 0.6) is 0 Å². The normalized spacial score (nSPS) is 34.0. The number of rotatable bonds is 6. The third kappa shape index (κ3) is 4.98. The van der Waals surface area contributed by atoms with Crippen LogP contribution in [0.15, 0.2) is 0 Å². The topological polar surface area (TPSA) is 116 Å². The Morgan fingerprint density at radius 1 is 1.14 bits per heavy atom. The third-order valence-electron chi connectivity index (χ3n) is 3.52. The summed E-state index contributed by atoms with van der Waals surface area (Å²) in [6, 6.07) is 0. The fourth-order valence-electron chi connectivity index (χ4n) is 2.01. The van der Waals surface area contributed by atoms with Gasteiger partial charge in [-0.2, -0.15) is 0 Å². The van der Waals surface area contributed by atoms with Crippen molar-refractivity contribution in [2.45, 2.75) is 64.3 Å². The van der Waals surface area contributed by atoms with Crippen LogP contribution in [0.1, 0.15) is 33.6 Å². The van der Waals surface area contributed by atoms with Crippen molar-refractivity contribution < 1.29 is 34.7 Å². The zero-order chi connectivity index (χ0) is 16.2. The van der Waals surface area contributed by atoms with Crippen LogP contribution in [0.4, 0.5) is 0 Å². The lowest BCUT2D eigenvalue weighted by molar-refractivity contribution is -0.301. The summed E-state index contributed by atoms with van der Waals surface area (Å²) in [5, 5.41) is 38.0.